The standard InChI is InChI=1S/C18H20N2O4/c1-13-7-3-5-9-15(13)23-11-17(21)19-20-18(22)12-24-16-10-6-4-8-14(16)2/h3-10H,11-12H2,1-2H3,(H,19,21)(H,20,22). The van der Waals surface area contributed by atoms with Crippen LogP contribution in [0.15, 0.2) is 48.5 Å². The first-order chi connectivity index (χ1) is 11.6. The molecule has 0 aromatic heterocycles. The van der Waals surface area contributed by atoms with Crippen molar-refractivity contribution in [2.24, 2.45) is 0 Å². The van der Waals surface area contributed by atoms with Gasteiger partial charge in [0.05, 0.1) is 0 Å². The van der Waals surface area contributed by atoms with Crippen LogP contribution in [0.2, 0.25) is 0 Å². The quantitative estimate of drug-likeness (QED) is 0.794. The topological polar surface area (TPSA) is 76.7 Å². The van der Waals surface area contributed by atoms with Gasteiger partial charge in [-0.2, -0.15) is 0 Å². The van der Waals surface area contributed by atoms with Crippen LogP contribution in [-0.2, 0) is 9.59 Å². The number of amides is 2. The van der Waals surface area contributed by atoms with E-state index in [1.54, 1.807) is 12.1 Å². The van der Waals surface area contributed by atoms with E-state index in [4.69, 9.17) is 9.47 Å². The van der Waals surface area contributed by atoms with Crippen LogP contribution in [0.1, 0.15) is 11.1 Å². The van der Waals surface area contributed by atoms with Gasteiger partial charge in [0, 0.05) is 0 Å². The molecule has 0 saturated carbocycles. The molecule has 0 saturated heterocycles. The Balaban J connectivity index is 1.69. The van der Waals surface area contributed by atoms with Gasteiger partial charge in [-0.25, -0.2) is 0 Å². The molecule has 2 rings (SSSR count). The minimum atomic E-state index is -0.456. The largest absolute Gasteiger partial charge is 0.483 e. The molecule has 0 aliphatic heterocycles. The summed E-state index contributed by atoms with van der Waals surface area (Å²) >= 11 is 0. The summed E-state index contributed by atoms with van der Waals surface area (Å²) < 4.78 is 10.8. The van der Waals surface area contributed by atoms with Gasteiger partial charge >= 0.3 is 0 Å². The van der Waals surface area contributed by atoms with Gasteiger partial charge in [-0.05, 0) is 37.1 Å². The van der Waals surface area contributed by atoms with E-state index in [0.717, 1.165) is 11.1 Å². The van der Waals surface area contributed by atoms with Crippen molar-refractivity contribution < 1.29 is 19.1 Å². The molecule has 24 heavy (non-hydrogen) atoms. The summed E-state index contributed by atoms with van der Waals surface area (Å²) in [7, 11) is 0. The predicted molar refractivity (Wildman–Crippen MR) is 89.6 cm³/mol. The molecular formula is C18H20N2O4. The molecule has 6 heteroatoms. The molecule has 0 spiro atoms. The van der Waals surface area contributed by atoms with Gasteiger partial charge in [-0.3, -0.25) is 20.4 Å². The van der Waals surface area contributed by atoms with E-state index in [1.165, 1.54) is 0 Å². The Morgan fingerprint density at radius 1 is 0.750 bits per heavy atom. The third-order valence-electron chi connectivity index (χ3n) is 3.25. The van der Waals surface area contributed by atoms with Crippen LogP contribution < -0.4 is 20.3 Å². The van der Waals surface area contributed by atoms with Crippen molar-refractivity contribution in [3.05, 3.63) is 59.7 Å². The van der Waals surface area contributed by atoms with Crippen molar-refractivity contribution in [3.8, 4) is 11.5 Å². The summed E-state index contributed by atoms with van der Waals surface area (Å²) in [6.45, 7) is 3.39. The molecule has 0 radical (unpaired) electrons. The minimum absolute atomic E-state index is 0.191. The molecule has 0 heterocycles. The van der Waals surface area contributed by atoms with E-state index < -0.39 is 11.8 Å². The Hall–Kier alpha value is -3.02. The fraction of sp³-hybridized carbons (Fsp3) is 0.222. The molecule has 0 unspecified atom stereocenters. The molecule has 126 valence electrons. The van der Waals surface area contributed by atoms with Crippen LogP contribution >= 0.6 is 0 Å². The molecular weight excluding hydrogens is 308 g/mol. The Labute approximate surface area is 140 Å². The lowest BCUT2D eigenvalue weighted by atomic mass is 10.2. The zero-order valence-electron chi connectivity index (χ0n) is 13.7. The van der Waals surface area contributed by atoms with Crippen molar-refractivity contribution in [1.29, 1.82) is 0 Å². The molecule has 0 aliphatic carbocycles. The normalized spacial score (nSPS) is 9.92. The highest BCUT2D eigenvalue weighted by atomic mass is 16.5. The number of hydrogen-bond acceptors (Lipinski definition) is 4. The molecule has 0 fully saturated rings. The fourth-order valence-corrected chi connectivity index (χ4v) is 1.93. The third-order valence-corrected chi connectivity index (χ3v) is 3.25. The monoisotopic (exact) mass is 328 g/mol. The minimum Gasteiger partial charge on any atom is -0.483 e. The van der Waals surface area contributed by atoms with Gasteiger partial charge in [0.25, 0.3) is 11.8 Å². The highest BCUT2D eigenvalue weighted by molar-refractivity contribution is 5.83. The van der Waals surface area contributed by atoms with Crippen LogP contribution in [0.5, 0.6) is 11.5 Å². The van der Waals surface area contributed by atoms with Gasteiger partial charge in [0.15, 0.2) is 13.2 Å². The average molecular weight is 328 g/mol. The van der Waals surface area contributed by atoms with E-state index in [2.05, 4.69) is 10.9 Å². The summed E-state index contributed by atoms with van der Waals surface area (Å²) in [5.41, 5.74) is 6.42. The van der Waals surface area contributed by atoms with Crippen LogP contribution in [0.4, 0.5) is 0 Å². The number of rotatable bonds is 6. The van der Waals surface area contributed by atoms with E-state index in [0.29, 0.717) is 11.5 Å². The van der Waals surface area contributed by atoms with E-state index in [1.807, 2.05) is 50.2 Å². The molecule has 2 aromatic carbocycles. The summed E-state index contributed by atoms with van der Waals surface area (Å²) in [6, 6.07) is 14.7. The lowest BCUT2D eigenvalue weighted by molar-refractivity contribution is -0.131. The smallest absolute Gasteiger partial charge is 0.276 e. The first kappa shape index (κ1) is 17.3. The Bertz CT molecular complexity index is 654. The number of ether oxygens (including phenoxy) is 2. The second-order valence-corrected chi connectivity index (χ2v) is 5.20. The summed E-state index contributed by atoms with van der Waals surface area (Å²) in [5, 5.41) is 0. The van der Waals surface area contributed by atoms with Gasteiger partial charge < -0.3 is 9.47 Å². The molecule has 6 nitrogen and oxygen atoms in total. The lowest BCUT2D eigenvalue weighted by Crippen LogP contribution is -2.45. The molecule has 2 aromatic rings. The number of hydrazine groups is 1. The molecule has 0 atom stereocenters. The number of para-hydroxylation sites is 2. The number of carbonyl (C=O) groups is 2. The average Bonchev–Trinajstić information content (AvgIpc) is 2.58. The number of aryl methyl sites for hydroxylation is 2. The van der Waals surface area contributed by atoms with Crippen LogP contribution in [-0.4, -0.2) is 25.0 Å². The number of nitrogens with one attached hydrogen (secondary N) is 2. The summed E-state index contributed by atoms with van der Waals surface area (Å²) in [6.07, 6.45) is 0. The second-order valence-electron chi connectivity index (χ2n) is 5.20. The van der Waals surface area contributed by atoms with Gasteiger partial charge in [0.1, 0.15) is 11.5 Å². The van der Waals surface area contributed by atoms with Crippen LogP contribution in [0.25, 0.3) is 0 Å². The molecule has 2 N–H and O–H groups in total. The maximum atomic E-state index is 11.7. The van der Waals surface area contributed by atoms with E-state index in [9.17, 15) is 9.59 Å². The van der Waals surface area contributed by atoms with Gasteiger partial charge in [0.2, 0.25) is 0 Å². The van der Waals surface area contributed by atoms with Crippen molar-refractivity contribution in [3.63, 3.8) is 0 Å². The molecule has 0 aliphatic rings. The third kappa shape index (κ3) is 5.31. The predicted octanol–water partition coefficient (Wildman–Crippen LogP) is 1.91. The molecule has 2 amide bonds. The fourth-order valence-electron chi connectivity index (χ4n) is 1.93. The first-order valence-electron chi connectivity index (χ1n) is 7.51. The zero-order chi connectivity index (χ0) is 17.4. The maximum absolute atomic E-state index is 11.7. The van der Waals surface area contributed by atoms with Crippen LogP contribution in [0, 0.1) is 13.8 Å². The van der Waals surface area contributed by atoms with Crippen molar-refractivity contribution in [2.75, 3.05) is 13.2 Å². The van der Waals surface area contributed by atoms with E-state index in [-0.39, 0.29) is 13.2 Å². The first-order valence-corrected chi connectivity index (χ1v) is 7.51. The highest BCUT2D eigenvalue weighted by Gasteiger charge is 2.08. The van der Waals surface area contributed by atoms with Crippen molar-refractivity contribution >= 4 is 11.8 Å². The SMILES string of the molecule is Cc1ccccc1OCC(=O)NNC(=O)COc1ccccc1C. The zero-order valence-corrected chi connectivity index (χ0v) is 13.7. The molecule has 0 bridgehead atoms. The number of hydrogen-bond donors (Lipinski definition) is 2. The Kier molecular flexibility index (Phi) is 6.19. The number of carbonyl (C=O) groups excluding carboxylic acids is 2. The Morgan fingerprint density at radius 3 is 1.50 bits per heavy atom. The maximum Gasteiger partial charge on any atom is 0.276 e. The van der Waals surface area contributed by atoms with Crippen LogP contribution in [0.3, 0.4) is 0 Å². The lowest BCUT2D eigenvalue weighted by Gasteiger charge is -2.11. The summed E-state index contributed by atoms with van der Waals surface area (Å²) in [5.74, 6) is 0.341. The highest BCUT2D eigenvalue weighted by Crippen LogP contribution is 2.16. The van der Waals surface area contributed by atoms with Crippen molar-refractivity contribution in [2.45, 2.75) is 13.8 Å². The van der Waals surface area contributed by atoms with Crippen molar-refractivity contribution in [1.82, 2.24) is 10.9 Å². The van der Waals surface area contributed by atoms with Gasteiger partial charge in [-0.15, -0.1) is 0 Å². The summed E-state index contributed by atoms with van der Waals surface area (Å²) in [4.78, 5) is 23.3. The van der Waals surface area contributed by atoms with Gasteiger partial charge in [-0.1, -0.05) is 36.4 Å². The number of benzene rings is 2. The van der Waals surface area contributed by atoms with E-state index >= 15 is 0 Å². The second kappa shape index (κ2) is 8.57. The Morgan fingerprint density at radius 2 is 1.12 bits per heavy atom.